The molecule has 2 fully saturated rings. The molecule has 128 valence electrons. The van der Waals surface area contributed by atoms with Crippen LogP contribution in [0.5, 0.6) is 0 Å². The average molecular weight is 334 g/mol. The molecule has 1 atom stereocenters. The number of morpholine rings is 1. The Labute approximate surface area is 138 Å². The van der Waals surface area contributed by atoms with Gasteiger partial charge in [-0.25, -0.2) is 0 Å². The molecule has 6 nitrogen and oxygen atoms in total. The summed E-state index contributed by atoms with van der Waals surface area (Å²) in [7, 11) is 0. The van der Waals surface area contributed by atoms with Crippen molar-refractivity contribution in [3.05, 3.63) is 0 Å². The monoisotopic (exact) mass is 333 g/mol. The van der Waals surface area contributed by atoms with E-state index in [-0.39, 0.29) is 24.2 Å². The van der Waals surface area contributed by atoms with Gasteiger partial charge >= 0.3 is 0 Å². The van der Waals surface area contributed by atoms with Crippen molar-refractivity contribution in [2.75, 3.05) is 26.3 Å². The SMILES string of the molecule is CCC(NC(=O)C1(N)CCCCC1)C(=O)N1CCOCC1.Cl. The zero-order valence-corrected chi connectivity index (χ0v) is 14.1. The van der Waals surface area contributed by atoms with Gasteiger partial charge in [0.25, 0.3) is 0 Å². The normalized spacial score (nSPS) is 22.4. The van der Waals surface area contributed by atoms with Crippen LogP contribution in [-0.4, -0.2) is 54.6 Å². The van der Waals surface area contributed by atoms with Gasteiger partial charge in [-0.3, -0.25) is 9.59 Å². The molecule has 0 radical (unpaired) electrons. The van der Waals surface area contributed by atoms with E-state index in [0.717, 1.165) is 19.3 Å². The predicted octanol–water partition coefficient (Wildman–Crippen LogP) is 0.823. The van der Waals surface area contributed by atoms with Crippen LogP contribution in [0.3, 0.4) is 0 Å². The number of halogens is 1. The molecule has 1 aliphatic carbocycles. The Balaban J connectivity index is 0.00000242. The lowest BCUT2D eigenvalue weighted by molar-refractivity contribution is -0.141. The van der Waals surface area contributed by atoms with Gasteiger partial charge in [-0.1, -0.05) is 26.2 Å². The van der Waals surface area contributed by atoms with Crippen LogP contribution < -0.4 is 11.1 Å². The van der Waals surface area contributed by atoms with Crippen molar-refractivity contribution in [3.63, 3.8) is 0 Å². The van der Waals surface area contributed by atoms with Crippen LogP contribution in [0.25, 0.3) is 0 Å². The lowest BCUT2D eigenvalue weighted by atomic mass is 9.81. The molecule has 1 unspecified atom stereocenters. The smallest absolute Gasteiger partial charge is 0.245 e. The van der Waals surface area contributed by atoms with E-state index < -0.39 is 11.6 Å². The van der Waals surface area contributed by atoms with Crippen LogP contribution in [0.15, 0.2) is 0 Å². The number of nitrogens with two attached hydrogens (primary N) is 1. The van der Waals surface area contributed by atoms with Gasteiger partial charge in [0.05, 0.1) is 18.8 Å². The fourth-order valence-electron chi connectivity index (χ4n) is 3.05. The van der Waals surface area contributed by atoms with Gasteiger partial charge in [-0.05, 0) is 19.3 Å². The maximum atomic E-state index is 12.5. The van der Waals surface area contributed by atoms with Crippen LogP contribution in [-0.2, 0) is 14.3 Å². The highest BCUT2D eigenvalue weighted by Crippen LogP contribution is 2.26. The molecular weight excluding hydrogens is 306 g/mol. The van der Waals surface area contributed by atoms with Crippen molar-refractivity contribution >= 4 is 24.2 Å². The number of nitrogens with zero attached hydrogens (tertiary/aromatic N) is 1. The minimum absolute atomic E-state index is 0. The Morgan fingerprint density at radius 1 is 1.23 bits per heavy atom. The number of amides is 2. The second-order valence-electron chi connectivity index (χ2n) is 6.09. The fraction of sp³-hybridized carbons (Fsp3) is 0.867. The zero-order valence-electron chi connectivity index (χ0n) is 13.3. The molecule has 1 aliphatic heterocycles. The van der Waals surface area contributed by atoms with E-state index in [1.165, 1.54) is 0 Å². The summed E-state index contributed by atoms with van der Waals surface area (Å²) in [6, 6.07) is -0.474. The highest BCUT2D eigenvalue weighted by Gasteiger charge is 2.37. The molecule has 0 spiro atoms. The standard InChI is InChI=1S/C15H27N3O3.ClH/c1-2-12(13(19)18-8-10-21-11-9-18)17-14(20)15(16)6-4-3-5-7-15;/h12H,2-11,16H2,1H3,(H,17,20);1H. The number of carbonyl (C=O) groups is 2. The minimum atomic E-state index is -0.795. The highest BCUT2D eigenvalue weighted by molar-refractivity contribution is 5.92. The largest absolute Gasteiger partial charge is 0.378 e. The number of hydrogen-bond acceptors (Lipinski definition) is 4. The summed E-state index contributed by atoms with van der Waals surface area (Å²) in [6.07, 6.45) is 5.10. The van der Waals surface area contributed by atoms with Gasteiger partial charge in [0.2, 0.25) is 11.8 Å². The van der Waals surface area contributed by atoms with Gasteiger partial charge in [-0.15, -0.1) is 12.4 Å². The predicted molar refractivity (Wildman–Crippen MR) is 86.9 cm³/mol. The van der Waals surface area contributed by atoms with E-state index >= 15 is 0 Å². The summed E-state index contributed by atoms with van der Waals surface area (Å²) in [5.74, 6) is -0.191. The average Bonchev–Trinajstić information content (AvgIpc) is 2.53. The molecule has 1 heterocycles. The topological polar surface area (TPSA) is 84.7 Å². The molecule has 2 aliphatic rings. The zero-order chi connectivity index (χ0) is 15.3. The maximum Gasteiger partial charge on any atom is 0.245 e. The Morgan fingerprint density at radius 2 is 1.82 bits per heavy atom. The number of carbonyl (C=O) groups excluding carboxylic acids is 2. The van der Waals surface area contributed by atoms with Crippen LogP contribution >= 0.6 is 12.4 Å². The summed E-state index contributed by atoms with van der Waals surface area (Å²) >= 11 is 0. The lowest BCUT2D eigenvalue weighted by Crippen LogP contribution is -2.60. The Kier molecular flexibility index (Phi) is 7.59. The number of hydrogen-bond donors (Lipinski definition) is 2. The fourth-order valence-corrected chi connectivity index (χ4v) is 3.05. The highest BCUT2D eigenvalue weighted by atomic mass is 35.5. The molecule has 1 saturated carbocycles. The number of rotatable bonds is 4. The summed E-state index contributed by atoms with van der Waals surface area (Å²) in [5.41, 5.74) is 5.43. The van der Waals surface area contributed by atoms with Crippen molar-refractivity contribution in [2.45, 2.75) is 57.0 Å². The molecule has 22 heavy (non-hydrogen) atoms. The molecule has 2 amide bonds. The van der Waals surface area contributed by atoms with Crippen molar-refractivity contribution < 1.29 is 14.3 Å². The third-order valence-electron chi connectivity index (χ3n) is 4.53. The summed E-state index contributed by atoms with van der Waals surface area (Å²) < 4.78 is 5.25. The first kappa shape index (κ1) is 19.2. The van der Waals surface area contributed by atoms with Gasteiger partial charge < -0.3 is 20.7 Å². The Bertz CT molecular complexity index is 380. The third-order valence-corrected chi connectivity index (χ3v) is 4.53. The molecule has 0 aromatic rings. The first-order valence-corrected chi connectivity index (χ1v) is 8.03. The maximum absolute atomic E-state index is 12.5. The lowest BCUT2D eigenvalue weighted by Gasteiger charge is -2.35. The Hall–Kier alpha value is -0.850. The third kappa shape index (κ3) is 4.57. The quantitative estimate of drug-likeness (QED) is 0.798. The van der Waals surface area contributed by atoms with Gasteiger partial charge in [0.15, 0.2) is 0 Å². The second kappa shape index (κ2) is 8.70. The van der Waals surface area contributed by atoms with E-state index in [9.17, 15) is 9.59 Å². The molecule has 7 heteroatoms. The van der Waals surface area contributed by atoms with Crippen molar-refractivity contribution in [1.82, 2.24) is 10.2 Å². The Morgan fingerprint density at radius 3 is 2.36 bits per heavy atom. The first-order valence-electron chi connectivity index (χ1n) is 8.03. The van der Waals surface area contributed by atoms with Crippen molar-refractivity contribution in [1.29, 1.82) is 0 Å². The van der Waals surface area contributed by atoms with Crippen LogP contribution in [0.2, 0.25) is 0 Å². The summed E-state index contributed by atoms with van der Waals surface area (Å²) in [4.78, 5) is 26.7. The number of ether oxygens (including phenoxy) is 1. The molecule has 3 N–H and O–H groups in total. The van der Waals surface area contributed by atoms with Crippen LogP contribution in [0.1, 0.15) is 45.4 Å². The second-order valence-corrected chi connectivity index (χ2v) is 6.09. The van der Waals surface area contributed by atoms with E-state index in [4.69, 9.17) is 10.5 Å². The van der Waals surface area contributed by atoms with Crippen LogP contribution in [0.4, 0.5) is 0 Å². The first-order chi connectivity index (χ1) is 10.1. The summed E-state index contributed by atoms with van der Waals surface area (Å²) in [5, 5.41) is 2.88. The minimum Gasteiger partial charge on any atom is -0.378 e. The van der Waals surface area contributed by atoms with Gasteiger partial charge in [-0.2, -0.15) is 0 Å². The molecule has 2 rings (SSSR count). The summed E-state index contributed by atoms with van der Waals surface area (Å²) in [6.45, 7) is 4.24. The molecule has 0 bridgehead atoms. The molecule has 1 saturated heterocycles. The van der Waals surface area contributed by atoms with E-state index in [2.05, 4.69) is 5.32 Å². The molecular formula is C15H28ClN3O3. The van der Waals surface area contributed by atoms with E-state index in [1.54, 1.807) is 4.90 Å². The molecule has 0 aromatic carbocycles. The van der Waals surface area contributed by atoms with Crippen molar-refractivity contribution in [2.24, 2.45) is 5.73 Å². The van der Waals surface area contributed by atoms with Gasteiger partial charge in [0, 0.05) is 13.1 Å². The van der Waals surface area contributed by atoms with E-state index in [0.29, 0.717) is 45.6 Å². The number of nitrogens with one attached hydrogen (secondary N) is 1. The van der Waals surface area contributed by atoms with Gasteiger partial charge in [0.1, 0.15) is 6.04 Å². The van der Waals surface area contributed by atoms with Crippen LogP contribution in [0, 0.1) is 0 Å². The van der Waals surface area contributed by atoms with E-state index in [1.807, 2.05) is 6.92 Å². The molecule has 0 aromatic heterocycles. The van der Waals surface area contributed by atoms with Crippen molar-refractivity contribution in [3.8, 4) is 0 Å².